The van der Waals surface area contributed by atoms with Crippen LogP contribution in [0.5, 0.6) is 0 Å². The second kappa shape index (κ2) is 7.21. The molecule has 0 saturated carbocycles. The van der Waals surface area contributed by atoms with Gasteiger partial charge in [-0.2, -0.15) is 0 Å². The summed E-state index contributed by atoms with van der Waals surface area (Å²) in [6, 6.07) is 0. The SMILES string of the molecule is CCNCC1CCN(CCCO)CC1. The molecule has 1 aliphatic heterocycles. The highest BCUT2D eigenvalue weighted by Gasteiger charge is 2.17. The Balaban J connectivity index is 2.05. The normalized spacial score (nSPS) is 20.1. The van der Waals surface area contributed by atoms with Gasteiger partial charge in [0.2, 0.25) is 0 Å². The van der Waals surface area contributed by atoms with E-state index in [4.69, 9.17) is 5.11 Å². The topological polar surface area (TPSA) is 35.5 Å². The molecule has 2 N–H and O–H groups in total. The van der Waals surface area contributed by atoms with Crippen molar-refractivity contribution in [2.75, 3.05) is 39.3 Å². The fourth-order valence-electron chi connectivity index (χ4n) is 2.06. The van der Waals surface area contributed by atoms with Gasteiger partial charge >= 0.3 is 0 Å². The van der Waals surface area contributed by atoms with E-state index in [1.807, 2.05) is 0 Å². The van der Waals surface area contributed by atoms with Crippen LogP contribution in [-0.4, -0.2) is 49.3 Å². The van der Waals surface area contributed by atoms with E-state index < -0.39 is 0 Å². The Morgan fingerprint density at radius 1 is 1.36 bits per heavy atom. The van der Waals surface area contributed by atoms with Crippen LogP contribution in [-0.2, 0) is 0 Å². The second-order valence-corrected chi connectivity index (χ2v) is 4.17. The molecule has 84 valence electrons. The predicted molar refractivity (Wildman–Crippen MR) is 59.4 cm³/mol. The van der Waals surface area contributed by atoms with E-state index >= 15 is 0 Å². The summed E-state index contributed by atoms with van der Waals surface area (Å²) < 4.78 is 0. The fourth-order valence-corrected chi connectivity index (χ4v) is 2.06. The molecule has 0 atom stereocenters. The van der Waals surface area contributed by atoms with Gasteiger partial charge in [-0.05, 0) is 51.4 Å². The molecule has 1 rings (SSSR count). The number of hydrogen-bond acceptors (Lipinski definition) is 3. The number of aliphatic hydroxyl groups excluding tert-OH is 1. The summed E-state index contributed by atoms with van der Waals surface area (Å²) in [4.78, 5) is 2.47. The number of aliphatic hydroxyl groups is 1. The van der Waals surface area contributed by atoms with Gasteiger partial charge in [-0.15, -0.1) is 0 Å². The third-order valence-electron chi connectivity index (χ3n) is 3.02. The summed E-state index contributed by atoms with van der Waals surface area (Å²) in [7, 11) is 0. The Hall–Kier alpha value is -0.120. The lowest BCUT2D eigenvalue weighted by Crippen LogP contribution is -2.37. The first-order chi connectivity index (χ1) is 6.86. The summed E-state index contributed by atoms with van der Waals surface area (Å²) in [6.45, 7) is 8.28. The number of nitrogens with one attached hydrogen (secondary N) is 1. The molecule has 0 aromatic rings. The van der Waals surface area contributed by atoms with E-state index in [1.165, 1.54) is 32.5 Å². The quantitative estimate of drug-likeness (QED) is 0.662. The van der Waals surface area contributed by atoms with Crippen molar-refractivity contribution in [3.05, 3.63) is 0 Å². The lowest BCUT2D eigenvalue weighted by Gasteiger charge is -2.31. The maximum Gasteiger partial charge on any atom is 0.0443 e. The van der Waals surface area contributed by atoms with E-state index in [0.717, 1.165) is 25.4 Å². The zero-order valence-corrected chi connectivity index (χ0v) is 9.34. The molecule has 1 aliphatic rings. The number of rotatable bonds is 6. The number of hydrogen-bond donors (Lipinski definition) is 2. The Labute approximate surface area is 87.5 Å². The zero-order chi connectivity index (χ0) is 10.2. The zero-order valence-electron chi connectivity index (χ0n) is 9.34. The highest BCUT2D eigenvalue weighted by atomic mass is 16.3. The number of piperidine rings is 1. The van der Waals surface area contributed by atoms with Crippen LogP contribution in [0.2, 0.25) is 0 Å². The smallest absolute Gasteiger partial charge is 0.0443 e. The van der Waals surface area contributed by atoms with Crippen molar-refractivity contribution in [2.24, 2.45) is 5.92 Å². The molecule has 1 heterocycles. The first-order valence-corrected chi connectivity index (χ1v) is 5.90. The minimum atomic E-state index is 0.331. The van der Waals surface area contributed by atoms with Gasteiger partial charge < -0.3 is 15.3 Å². The molecule has 0 aromatic carbocycles. The van der Waals surface area contributed by atoms with Gasteiger partial charge in [0.1, 0.15) is 0 Å². The average Bonchev–Trinajstić information content (AvgIpc) is 2.25. The predicted octanol–water partition coefficient (Wildman–Crippen LogP) is 0.690. The van der Waals surface area contributed by atoms with Crippen LogP contribution in [0.3, 0.4) is 0 Å². The standard InChI is InChI=1S/C11H24N2O/c1-2-12-10-11-4-7-13(8-5-11)6-3-9-14/h11-12,14H,2-10H2,1H3. The molecule has 3 nitrogen and oxygen atoms in total. The lowest BCUT2D eigenvalue weighted by atomic mass is 9.97. The van der Waals surface area contributed by atoms with Gasteiger partial charge in [-0.25, -0.2) is 0 Å². The molecule has 0 bridgehead atoms. The van der Waals surface area contributed by atoms with Crippen LogP contribution >= 0.6 is 0 Å². The van der Waals surface area contributed by atoms with Crippen LogP contribution in [0.25, 0.3) is 0 Å². The van der Waals surface area contributed by atoms with E-state index in [-0.39, 0.29) is 0 Å². The van der Waals surface area contributed by atoms with Crippen LogP contribution in [0, 0.1) is 5.92 Å². The van der Waals surface area contributed by atoms with E-state index in [9.17, 15) is 0 Å². The Bertz CT molecular complexity index is 117. The molecule has 0 radical (unpaired) electrons. The first kappa shape index (κ1) is 12.0. The molecule has 0 aromatic heterocycles. The van der Waals surface area contributed by atoms with Crippen molar-refractivity contribution in [1.82, 2.24) is 10.2 Å². The summed E-state index contributed by atoms with van der Waals surface area (Å²) in [5.74, 6) is 0.875. The molecular formula is C11H24N2O. The van der Waals surface area contributed by atoms with Crippen LogP contribution < -0.4 is 5.32 Å². The van der Waals surface area contributed by atoms with Crippen molar-refractivity contribution >= 4 is 0 Å². The molecule has 0 spiro atoms. The monoisotopic (exact) mass is 200 g/mol. The Morgan fingerprint density at radius 3 is 2.64 bits per heavy atom. The molecular weight excluding hydrogens is 176 g/mol. The molecule has 1 fully saturated rings. The minimum Gasteiger partial charge on any atom is -0.396 e. The molecule has 0 unspecified atom stereocenters. The fraction of sp³-hybridized carbons (Fsp3) is 1.00. The van der Waals surface area contributed by atoms with Crippen molar-refractivity contribution in [1.29, 1.82) is 0 Å². The van der Waals surface area contributed by atoms with Crippen molar-refractivity contribution in [2.45, 2.75) is 26.2 Å². The highest BCUT2D eigenvalue weighted by Crippen LogP contribution is 2.16. The van der Waals surface area contributed by atoms with Gasteiger partial charge in [0.05, 0.1) is 0 Å². The molecule has 0 amide bonds. The maximum absolute atomic E-state index is 8.73. The van der Waals surface area contributed by atoms with Gasteiger partial charge in [0.15, 0.2) is 0 Å². The summed E-state index contributed by atoms with van der Waals surface area (Å²) in [5, 5.41) is 12.1. The van der Waals surface area contributed by atoms with E-state index in [2.05, 4.69) is 17.1 Å². The molecule has 14 heavy (non-hydrogen) atoms. The van der Waals surface area contributed by atoms with E-state index in [0.29, 0.717) is 6.61 Å². The molecule has 3 heteroatoms. The minimum absolute atomic E-state index is 0.331. The third-order valence-corrected chi connectivity index (χ3v) is 3.02. The summed E-state index contributed by atoms with van der Waals surface area (Å²) in [6.07, 6.45) is 3.56. The maximum atomic E-state index is 8.73. The largest absolute Gasteiger partial charge is 0.396 e. The third kappa shape index (κ3) is 4.40. The molecule has 0 aliphatic carbocycles. The van der Waals surface area contributed by atoms with Gasteiger partial charge in [-0.3, -0.25) is 0 Å². The second-order valence-electron chi connectivity index (χ2n) is 4.17. The van der Waals surface area contributed by atoms with Crippen molar-refractivity contribution < 1.29 is 5.11 Å². The average molecular weight is 200 g/mol. The van der Waals surface area contributed by atoms with Crippen molar-refractivity contribution in [3.8, 4) is 0 Å². The summed E-state index contributed by atoms with van der Waals surface area (Å²) in [5.41, 5.74) is 0. The first-order valence-electron chi connectivity index (χ1n) is 5.90. The molecule has 1 saturated heterocycles. The van der Waals surface area contributed by atoms with Crippen LogP contribution in [0.15, 0.2) is 0 Å². The number of likely N-dealkylation sites (tertiary alicyclic amines) is 1. The van der Waals surface area contributed by atoms with Crippen LogP contribution in [0.4, 0.5) is 0 Å². The van der Waals surface area contributed by atoms with Gasteiger partial charge in [0, 0.05) is 13.2 Å². The Morgan fingerprint density at radius 2 is 2.07 bits per heavy atom. The highest BCUT2D eigenvalue weighted by molar-refractivity contribution is 4.73. The van der Waals surface area contributed by atoms with Gasteiger partial charge in [-0.1, -0.05) is 6.92 Å². The van der Waals surface area contributed by atoms with Crippen LogP contribution in [0.1, 0.15) is 26.2 Å². The number of nitrogens with zero attached hydrogens (tertiary/aromatic N) is 1. The van der Waals surface area contributed by atoms with Gasteiger partial charge in [0.25, 0.3) is 0 Å². The summed E-state index contributed by atoms with van der Waals surface area (Å²) >= 11 is 0. The lowest BCUT2D eigenvalue weighted by molar-refractivity contribution is 0.166. The van der Waals surface area contributed by atoms with Crippen molar-refractivity contribution in [3.63, 3.8) is 0 Å². The van der Waals surface area contributed by atoms with E-state index in [1.54, 1.807) is 0 Å². The Kier molecular flexibility index (Phi) is 6.15.